The van der Waals surface area contributed by atoms with E-state index >= 15 is 0 Å². The lowest BCUT2D eigenvalue weighted by molar-refractivity contribution is 0.116. The Morgan fingerprint density at radius 1 is 0.905 bits per heavy atom. The average Bonchev–Trinajstić information content (AvgIpc) is 2.97. The Morgan fingerprint density at radius 2 is 1.62 bits per heavy atom. The molecule has 0 fully saturated rings. The molecule has 0 radical (unpaired) electrons. The normalized spacial score (nSPS) is 12.8. The molecule has 0 amide bonds. The fourth-order valence-corrected chi connectivity index (χ4v) is 2.56. The Morgan fingerprint density at radius 3 is 2.43 bits per heavy atom. The molecule has 3 nitrogen and oxygen atoms in total. The molecule has 2 rings (SSSR count). The fourth-order valence-electron chi connectivity index (χ4n) is 2.56. The van der Waals surface area contributed by atoms with E-state index in [1.807, 2.05) is 18.2 Å². The third-order valence-corrected chi connectivity index (χ3v) is 3.85. The van der Waals surface area contributed by atoms with Gasteiger partial charge >= 0.3 is 0 Å². The predicted octanol–water partition coefficient (Wildman–Crippen LogP) is 5.07. The Labute approximate surface area is 128 Å². The van der Waals surface area contributed by atoms with E-state index in [1.165, 1.54) is 51.4 Å². The summed E-state index contributed by atoms with van der Waals surface area (Å²) in [7, 11) is 0. The zero-order valence-corrected chi connectivity index (χ0v) is 13.2. The van der Waals surface area contributed by atoms with E-state index < -0.39 is 0 Å². The molecule has 1 aliphatic rings. The maximum atomic E-state index is 5.73. The number of unbranched alkanes of at least 4 members (excludes halogenated alkanes) is 7. The van der Waals surface area contributed by atoms with Crippen LogP contribution in [-0.2, 0) is 11.3 Å². The van der Waals surface area contributed by atoms with Crippen LogP contribution in [0.15, 0.2) is 18.2 Å². The summed E-state index contributed by atoms with van der Waals surface area (Å²) in [6.07, 6.45) is 10.7. The van der Waals surface area contributed by atoms with Crippen LogP contribution >= 0.6 is 0 Å². The first-order chi connectivity index (χ1) is 10.4. The Kier molecular flexibility index (Phi) is 7.44. The van der Waals surface area contributed by atoms with Crippen molar-refractivity contribution >= 4 is 0 Å². The SMILES string of the molecule is CCCCCCCCCCOCc1ccc2c(c1)OCO2. The highest BCUT2D eigenvalue weighted by Gasteiger charge is 2.12. The van der Waals surface area contributed by atoms with Crippen molar-refractivity contribution in [2.45, 2.75) is 64.9 Å². The molecule has 1 aromatic carbocycles. The number of hydrogen-bond donors (Lipinski definition) is 0. The zero-order valence-electron chi connectivity index (χ0n) is 13.2. The molecule has 0 aliphatic carbocycles. The number of benzene rings is 1. The predicted molar refractivity (Wildman–Crippen MR) is 84.8 cm³/mol. The van der Waals surface area contributed by atoms with Crippen LogP contribution < -0.4 is 9.47 Å². The molecule has 3 heteroatoms. The van der Waals surface area contributed by atoms with Crippen LogP contribution in [0.3, 0.4) is 0 Å². The summed E-state index contributed by atoms with van der Waals surface area (Å²) >= 11 is 0. The summed E-state index contributed by atoms with van der Waals surface area (Å²) in [4.78, 5) is 0. The van der Waals surface area contributed by atoms with Crippen LogP contribution in [0.25, 0.3) is 0 Å². The first-order valence-electron chi connectivity index (χ1n) is 8.36. The molecule has 0 aromatic heterocycles. The van der Waals surface area contributed by atoms with Gasteiger partial charge < -0.3 is 14.2 Å². The summed E-state index contributed by atoms with van der Waals surface area (Å²) in [5.74, 6) is 1.67. The van der Waals surface area contributed by atoms with Crippen molar-refractivity contribution in [2.24, 2.45) is 0 Å². The molecule has 1 heterocycles. The molecule has 21 heavy (non-hydrogen) atoms. The van der Waals surface area contributed by atoms with E-state index in [0.717, 1.165) is 23.7 Å². The second kappa shape index (κ2) is 9.67. The Bertz CT molecular complexity index is 403. The molecule has 0 N–H and O–H groups in total. The highest BCUT2D eigenvalue weighted by atomic mass is 16.7. The molecule has 0 saturated heterocycles. The van der Waals surface area contributed by atoms with Crippen LogP contribution in [0.5, 0.6) is 11.5 Å². The third-order valence-electron chi connectivity index (χ3n) is 3.85. The minimum absolute atomic E-state index is 0.331. The lowest BCUT2D eigenvalue weighted by Gasteiger charge is -2.05. The molecule has 0 atom stereocenters. The van der Waals surface area contributed by atoms with Crippen LogP contribution in [0.4, 0.5) is 0 Å². The van der Waals surface area contributed by atoms with Crippen molar-refractivity contribution in [3.05, 3.63) is 23.8 Å². The van der Waals surface area contributed by atoms with Gasteiger partial charge in [0.15, 0.2) is 11.5 Å². The highest BCUT2D eigenvalue weighted by molar-refractivity contribution is 5.44. The van der Waals surface area contributed by atoms with Crippen LogP contribution in [0.1, 0.15) is 63.9 Å². The van der Waals surface area contributed by atoms with Gasteiger partial charge in [0.05, 0.1) is 6.61 Å². The quantitative estimate of drug-likeness (QED) is 0.533. The van der Waals surface area contributed by atoms with Gasteiger partial charge in [0.1, 0.15) is 0 Å². The third kappa shape index (κ3) is 5.96. The zero-order chi connectivity index (χ0) is 14.8. The first kappa shape index (κ1) is 16.2. The molecular formula is C18H28O3. The van der Waals surface area contributed by atoms with Gasteiger partial charge in [-0.05, 0) is 24.1 Å². The van der Waals surface area contributed by atoms with Gasteiger partial charge in [0.25, 0.3) is 0 Å². The highest BCUT2D eigenvalue weighted by Crippen LogP contribution is 2.32. The van der Waals surface area contributed by atoms with Gasteiger partial charge in [-0.15, -0.1) is 0 Å². The van der Waals surface area contributed by atoms with E-state index in [9.17, 15) is 0 Å². The molecule has 1 aromatic rings. The lowest BCUT2D eigenvalue weighted by Crippen LogP contribution is -1.96. The Hall–Kier alpha value is -1.22. The van der Waals surface area contributed by atoms with Crippen LogP contribution in [0, 0.1) is 0 Å². The smallest absolute Gasteiger partial charge is 0.231 e. The maximum Gasteiger partial charge on any atom is 0.231 e. The van der Waals surface area contributed by atoms with Gasteiger partial charge in [0.2, 0.25) is 6.79 Å². The monoisotopic (exact) mass is 292 g/mol. The minimum atomic E-state index is 0.331. The number of fused-ring (bicyclic) bond motifs is 1. The molecule has 118 valence electrons. The molecule has 1 aliphatic heterocycles. The topological polar surface area (TPSA) is 27.7 Å². The summed E-state index contributed by atoms with van der Waals surface area (Å²) < 4.78 is 16.4. The lowest BCUT2D eigenvalue weighted by atomic mass is 10.1. The summed E-state index contributed by atoms with van der Waals surface area (Å²) in [5.41, 5.74) is 1.15. The standard InChI is InChI=1S/C18H28O3/c1-2-3-4-5-6-7-8-9-12-19-14-16-10-11-17-18(13-16)21-15-20-17/h10-11,13H,2-9,12,14-15H2,1H3. The van der Waals surface area contributed by atoms with E-state index in [4.69, 9.17) is 14.2 Å². The summed E-state index contributed by atoms with van der Waals surface area (Å²) in [5, 5.41) is 0. The first-order valence-corrected chi connectivity index (χ1v) is 8.36. The van der Waals surface area contributed by atoms with E-state index in [0.29, 0.717) is 13.4 Å². The molecule has 0 bridgehead atoms. The second-order valence-electron chi connectivity index (χ2n) is 5.72. The Balaban J connectivity index is 1.47. The largest absolute Gasteiger partial charge is 0.454 e. The van der Waals surface area contributed by atoms with Crippen LogP contribution in [0.2, 0.25) is 0 Å². The minimum Gasteiger partial charge on any atom is -0.454 e. The summed E-state index contributed by atoms with van der Waals surface area (Å²) in [6.45, 7) is 4.10. The van der Waals surface area contributed by atoms with Crippen molar-refractivity contribution in [1.29, 1.82) is 0 Å². The molecular weight excluding hydrogens is 264 g/mol. The van der Waals surface area contributed by atoms with E-state index in [-0.39, 0.29) is 0 Å². The van der Waals surface area contributed by atoms with Crippen molar-refractivity contribution in [2.75, 3.05) is 13.4 Å². The average molecular weight is 292 g/mol. The van der Waals surface area contributed by atoms with Crippen LogP contribution in [-0.4, -0.2) is 13.4 Å². The number of rotatable bonds is 11. The van der Waals surface area contributed by atoms with Crippen molar-refractivity contribution in [3.63, 3.8) is 0 Å². The van der Waals surface area contributed by atoms with Gasteiger partial charge in [-0.2, -0.15) is 0 Å². The van der Waals surface area contributed by atoms with Gasteiger partial charge in [-0.1, -0.05) is 57.9 Å². The van der Waals surface area contributed by atoms with Gasteiger partial charge in [-0.25, -0.2) is 0 Å². The number of hydrogen-bond acceptors (Lipinski definition) is 3. The molecule has 0 spiro atoms. The summed E-state index contributed by atoms with van der Waals surface area (Å²) in [6, 6.07) is 6.01. The van der Waals surface area contributed by atoms with E-state index in [1.54, 1.807) is 0 Å². The maximum absolute atomic E-state index is 5.73. The second-order valence-corrected chi connectivity index (χ2v) is 5.72. The number of ether oxygens (including phenoxy) is 3. The molecule has 0 saturated carbocycles. The molecule has 0 unspecified atom stereocenters. The fraction of sp³-hybridized carbons (Fsp3) is 0.667. The van der Waals surface area contributed by atoms with Gasteiger partial charge in [0, 0.05) is 6.61 Å². The van der Waals surface area contributed by atoms with E-state index in [2.05, 4.69) is 6.92 Å². The van der Waals surface area contributed by atoms with Crippen molar-refractivity contribution in [1.82, 2.24) is 0 Å². The van der Waals surface area contributed by atoms with Gasteiger partial charge in [-0.3, -0.25) is 0 Å². The van der Waals surface area contributed by atoms with Crippen molar-refractivity contribution < 1.29 is 14.2 Å². The van der Waals surface area contributed by atoms with Crippen molar-refractivity contribution in [3.8, 4) is 11.5 Å².